The fraction of sp³-hybridized carbons (Fsp3) is 0.435. The molecule has 2 atom stereocenters. The second kappa shape index (κ2) is 10.2. The van der Waals surface area contributed by atoms with Crippen molar-refractivity contribution in [3.63, 3.8) is 0 Å². The van der Waals surface area contributed by atoms with E-state index in [4.69, 9.17) is 16.3 Å². The molecule has 2 aromatic carbocycles. The fourth-order valence-corrected chi connectivity index (χ4v) is 4.04. The summed E-state index contributed by atoms with van der Waals surface area (Å²) >= 11 is 6.36. The van der Waals surface area contributed by atoms with Crippen molar-refractivity contribution < 1.29 is 13.9 Å². The molecule has 0 radical (unpaired) electrons. The number of nitrogens with zero attached hydrogens (tertiary/aromatic N) is 1. The molecule has 7 heteroatoms. The van der Waals surface area contributed by atoms with E-state index in [-0.39, 0.29) is 36.5 Å². The van der Waals surface area contributed by atoms with Crippen molar-refractivity contribution in [2.45, 2.75) is 39.0 Å². The van der Waals surface area contributed by atoms with Crippen molar-refractivity contribution in [3.8, 4) is 0 Å². The minimum atomic E-state index is -0.383. The largest absolute Gasteiger partial charge is 0.383 e. The zero-order chi connectivity index (χ0) is 21.7. The summed E-state index contributed by atoms with van der Waals surface area (Å²) in [6.07, 6.45) is 0.0290. The molecular formula is C23H29ClFN3O2. The molecule has 1 aliphatic rings. The van der Waals surface area contributed by atoms with E-state index in [1.54, 1.807) is 18.2 Å². The highest BCUT2D eigenvalue weighted by Gasteiger charge is 2.29. The molecular weight excluding hydrogens is 405 g/mol. The summed E-state index contributed by atoms with van der Waals surface area (Å²) in [5.74, 6) is -0.579. The van der Waals surface area contributed by atoms with Crippen molar-refractivity contribution >= 4 is 23.2 Å². The molecule has 0 bridgehead atoms. The van der Waals surface area contributed by atoms with Crippen molar-refractivity contribution in [3.05, 3.63) is 64.4 Å². The first-order valence-corrected chi connectivity index (χ1v) is 10.7. The molecule has 1 heterocycles. The second-order valence-electron chi connectivity index (χ2n) is 7.92. The lowest BCUT2D eigenvalue weighted by Gasteiger charge is -2.38. The number of morpholine rings is 1. The first kappa shape index (κ1) is 22.5. The van der Waals surface area contributed by atoms with Crippen LogP contribution in [-0.4, -0.2) is 49.2 Å². The van der Waals surface area contributed by atoms with Gasteiger partial charge in [0.15, 0.2) is 0 Å². The number of hydrogen-bond acceptors (Lipinski definition) is 4. The van der Waals surface area contributed by atoms with Crippen LogP contribution in [0.5, 0.6) is 0 Å². The molecule has 5 nitrogen and oxygen atoms in total. The van der Waals surface area contributed by atoms with Crippen LogP contribution in [0.1, 0.15) is 42.7 Å². The van der Waals surface area contributed by atoms with Gasteiger partial charge in [-0.05, 0) is 51.1 Å². The van der Waals surface area contributed by atoms with Gasteiger partial charge in [0.1, 0.15) is 5.82 Å². The Morgan fingerprint density at radius 3 is 2.77 bits per heavy atom. The van der Waals surface area contributed by atoms with Crippen LogP contribution in [0.3, 0.4) is 0 Å². The van der Waals surface area contributed by atoms with Gasteiger partial charge in [0, 0.05) is 47.5 Å². The summed E-state index contributed by atoms with van der Waals surface area (Å²) in [6, 6.07) is 11.9. The predicted octanol–water partition coefficient (Wildman–Crippen LogP) is 4.49. The normalized spacial score (nSPS) is 18.3. The predicted molar refractivity (Wildman–Crippen MR) is 119 cm³/mol. The monoisotopic (exact) mass is 433 g/mol. The number of ether oxygens (including phenoxy) is 1. The lowest BCUT2D eigenvalue weighted by Crippen LogP contribution is -2.47. The van der Waals surface area contributed by atoms with E-state index in [0.717, 1.165) is 5.69 Å². The zero-order valence-corrected chi connectivity index (χ0v) is 18.4. The maximum atomic E-state index is 14.7. The van der Waals surface area contributed by atoms with Crippen LogP contribution < -0.4 is 10.6 Å². The minimum absolute atomic E-state index is 0.0290. The van der Waals surface area contributed by atoms with Crippen LogP contribution in [0.15, 0.2) is 42.5 Å². The van der Waals surface area contributed by atoms with Gasteiger partial charge in [-0.15, -0.1) is 0 Å². The van der Waals surface area contributed by atoms with E-state index < -0.39 is 0 Å². The highest BCUT2D eigenvalue weighted by atomic mass is 35.5. The fourth-order valence-electron chi connectivity index (χ4n) is 3.75. The SMILES string of the molecule is CC(C)Nc1cccc(C(=O)NCC(c2c(F)cccc2Cl)N2CCOC(C)C2)c1. The van der Waals surface area contributed by atoms with Gasteiger partial charge < -0.3 is 15.4 Å². The van der Waals surface area contributed by atoms with Crippen LogP contribution in [0.25, 0.3) is 0 Å². The van der Waals surface area contributed by atoms with E-state index in [2.05, 4.69) is 15.5 Å². The third kappa shape index (κ3) is 5.72. The van der Waals surface area contributed by atoms with E-state index in [0.29, 0.717) is 35.8 Å². The van der Waals surface area contributed by atoms with E-state index in [9.17, 15) is 9.18 Å². The molecule has 0 spiro atoms. The number of halogens is 2. The Kier molecular flexibility index (Phi) is 7.69. The van der Waals surface area contributed by atoms with E-state index in [1.807, 2.05) is 39.0 Å². The van der Waals surface area contributed by atoms with E-state index >= 15 is 0 Å². The molecule has 0 aromatic heterocycles. The third-order valence-electron chi connectivity index (χ3n) is 5.08. The summed E-state index contributed by atoms with van der Waals surface area (Å²) in [4.78, 5) is 14.9. The number of carbonyl (C=O) groups excluding carboxylic acids is 1. The van der Waals surface area contributed by atoms with Gasteiger partial charge in [-0.25, -0.2) is 4.39 Å². The number of nitrogens with one attached hydrogen (secondary N) is 2. The maximum absolute atomic E-state index is 14.7. The Morgan fingerprint density at radius 2 is 2.07 bits per heavy atom. The number of anilines is 1. The average Bonchev–Trinajstić information content (AvgIpc) is 2.69. The van der Waals surface area contributed by atoms with E-state index in [1.165, 1.54) is 6.07 Å². The summed E-state index contributed by atoms with van der Waals surface area (Å²) in [6.45, 7) is 8.15. The lowest BCUT2D eigenvalue weighted by molar-refractivity contribution is -0.0346. The third-order valence-corrected chi connectivity index (χ3v) is 5.41. The van der Waals surface area contributed by atoms with Gasteiger partial charge >= 0.3 is 0 Å². The first-order valence-electron chi connectivity index (χ1n) is 10.3. The highest BCUT2D eigenvalue weighted by molar-refractivity contribution is 6.31. The van der Waals surface area contributed by atoms with Crippen LogP contribution in [-0.2, 0) is 4.74 Å². The molecule has 3 rings (SSSR count). The zero-order valence-electron chi connectivity index (χ0n) is 17.6. The Morgan fingerprint density at radius 1 is 1.30 bits per heavy atom. The van der Waals surface area contributed by atoms with Gasteiger partial charge in [0.05, 0.1) is 18.8 Å². The summed E-state index contributed by atoms with van der Waals surface area (Å²) in [5.41, 5.74) is 1.84. The van der Waals surface area contributed by atoms with Crippen LogP contribution >= 0.6 is 11.6 Å². The Bertz CT molecular complexity index is 857. The molecule has 162 valence electrons. The van der Waals surface area contributed by atoms with Crippen molar-refractivity contribution in [1.82, 2.24) is 10.2 Å². The highest BCUT2D eigenvalue weighted by Crippen LogP contribution is 2.31. The molecule has 2 aromatic rings. The van der Waals surface area contributed by atoms with Gasteiger partial charge in [0.25, 0.3) is 5.91 Å². The Balaban J connectivity index is 1.79. The number of carbonyl (C=O) groups is 1. The number of benzene rings is 2. The molecule has 2 N–H and O–H groups in total. The molecule has 0 aliphatic carbocycles. The molecule has 1 amide bonds. The topological polar surface area (TPSA) is 53.6 Å². The average molecular weight is 434 g/mol. The Hall–Kier alpha value is -2.15. The van der Waals surface area contributed by atoms with Crippen molar-refractivity contribution in [2.24, 2.45) is 0 Å². The molecule has 0 saturated carbocycles. The summed E-state index contributed by atoms with van der Waals surface area (Å²) in [5, 5.41) is 6.62. The molecule has 30 heavy (non-hydrogen) atoms. The van der Waals surface area contributed by atoms with Crippen LogP contribution in [0.4, 0.5) is 10.1 Å². The second-order valence-corrected chi connectivity index (χ2v) is 8.32. The summed E-state index contributed by atoms with van der Waals surface area (Å²) < 4.78 is 20.3. The van der Waals surface area contributed by atoms with Crippen molar-refractivity contribution in [1.29, 1.82) is 0 Å². The van der Waals surface area contributed by atoms with Gasteiger partial charge in [-0.3, -0.25) is 9.69 Å². The van der Waals surface area contributed by atoms with Gasteiger partial charge in [-0.1, -0.05) is 23.7 Å². The molecule has 1 aliphatic heterocycles. The van der Waals surface area contributed by atoms with Crippen LogP contribution in [0.2, 0.25) is 5.02 Å². The summed E-state index contributed by atoms with van der Waals surface area (Å²) in [7, 11) is 0. The van der Waals surface area contributed by atoms with Gasteiger partial charge in [0.2, 0.25) is 0 Å². The molecule has 2 unspecified atom stereocenters. The standard InChI is InChI=1S/C23H29ClFN3O2/c1-15(2)27-18-7-4-6-17(12-18)23(29)26-13-21(28-10-11-30-16(3)14-28)22-19(24)8-5-9-20(22)25/h4-9,12,15-16,21,27H,10-11,13-14H2,1-3H3,(H,26,29). The number of amides is 1. The molecule has 1 fully saturated rings. The maximum Gasteiger partial charge on any atom is 0.251 e. The van der Waals surface area contributed by atoms with Crippen molar-refractivity contribution in [2.75, 3.05) is 31.6 Å². The minimum Gasteiger partial charge on any atom is -0.383 e. The smallest absolute Gasteiger partial charge is 0.251 e. The number of hydrogen-bond donors (Lipinski definition) is 2. The molecule has 1 saturated heterocycles. The van der Waals surface area contributed by atoms with Gasteiger partial charge in [-0.2, -0.15) is 0 Å². The lowest BCUT2D eigenvalue weighted by atomic mass is 10.0. The Labute approximate surface area is 182 Å². The number of rotatable bonds is 7. The quantitative estimate of drug-likeness (QED) is 0.675. The first-order chi connectivity index (χ1) is 14.3. The van der Waals surface area contributed by atoms with Crippen LogP contribution in [0, 0.1) is 5.82 Å².